The number of amides is 2. The Morgan fingerprint density at radius 1 is 1.00 bits per heavy atom. The molecular formula is C43H34N6O7. The summed E-state index contributed by atoms with van der Waals surface area (Å²) in [7, 11) is 0. The van der Waals surface area contributed by atoms with E-state index in [9.17, 15) is 14.7 Å². The molecule has 4 aliphatic rings. The molecule has 3 aromatic heterocycles. The Hall–Kier alpha value is -7.02. The van der Waals surface area contributed by atoms with Crippen molar-refractivity contribution in [2.24, 2.45) is 5.92 Å². The van der Waals surface area contributed by atoms with Crippen LogP contribution in [0.25, 0.3) is 44.9 Å². The quantitative estimate of drug-likeness (QED) is 0.123. The maximum atomic E-state index is 14.3. The Labute approximate surface area is 319 Å². The number of carbonyl (C=O) groups excluding carboxylic acids is 2. The normalized spacial score (nSPS) is 21.0. The van der Waals surface area contributed by atoms with Crippen molar-refractivity contribution in [3.8, 4) is 45.5 Å². The van der Waals surface area contributed by atoms with Gasteiger partial charge in [0.25, 0.3) is 0 Å². The molecule has 0 radical (unpaired) electrons. The van der Waals surface area contributed by atoms with Crippen LogP contribution < -0.4 is 20.7 Å². The lowest BCUT2D eigenvalue weighted by Crippen LogP contribution is -2.49. The summed E-state index contributed by atoms with van der Waals surface area (Å²) in [5.74, 6) is 1.50. The van der Waals surface area contributed by atoms with E-state index in [0.29, 0.717) is 34.0 Å². The third-order valence-corrected chi connectivity index (χ3v) is 11.4. The molecule has 1 spiro atoms. The first-order valence-electron chi connectivity index (χ1n) is 18.6. The van der Waals surface area contributed by atoms with Crippen LogP contribution in [0.3, 0.4) is 0 Å². The molecule has 5 N–H and O–H groups in total. The number of aromatic amines is 1. The molecule has 4 atom stereocenters. The van der Waals surface area contributed by atoms with Crippen LogP contribution in [0.2, 0.25) is 0 Å². The fourth-order valence-electron chi connectivity index (χ4n) is 8.81. The number of hydrogen-bond acceptors (Lipinski definition) is 10. The van der Waals surface area contributed by atoms with Crippen molar-refractivity contribution in [1.82, 2.24) is 25.6 Å². The van der Waals surface area contributed by atoms with Gasteiger partial charge in [-0.3, -0.25) is 4.79 Å². The van der Waals surface area contributed by atoms with Gasteiger partial charge < -0.3 is 44.3 Å². The predicted octanol–water partition coefficient (Wildman–Crippen LogP) is 7.31. The Morgan fingerprint density at radius 2 is 1.88 bits per heavy atom. The number of phenolic OH excluding ortho intramolecular Hbond substituents is 1. The first kappa shape index (κ1) is 32.4. The molecule has 2 amide bonds. The van der Waals surface area contributed by atoms with Gasteiger partial charge in [0.15, 0.2) is 23.4 Å². The molecule has 7 heterocycles. The number of alkyl carbamates (subject to hydrolysis) is 1. The number of para-hydroxylation sites is 1. The Balaban J connectivity index is 1.14. The molecule has 4 aliphatic heterocycles. The van der Waals surface area contributed by atoms with Gasteiger partial charge in [-0.05, 0) is 40.8 Å². The van der Waals surface area contributed by atoms with Crippen LogP contribution in [-0.2, 0) is 28.0 Å². The number of anilines is 1. The number of aromatic hydroxyl groups is 1. The van der Waals surface area contributed by atoms with E-state index < -0.39 is 35.7 Å². The monoisotopic (exact) mass is 746 g/mol. The second-order valence-electron chi connectivity index (χ2n) is 15.0. The zero-order chi connectivity index (χ0) is 37.9. The number of nitrogens with zero attached hydrogens (tertiary/aromatic N) is 2. The summed E-state index contributed by atoms with van der Waals surface area (Å²) in [6.45, 7) is 3.98. The van der Waals surface area contributed by atoms with Crippen molar-refractivity contribution in [3.63, 3.8) is 0 Å². The average Bonchev–Trinajstić information content (AvgIpc) is 4.03. The number of nitrogens with one attached hydrogen (secondary N) is 4. The zero-order valence-electron chi connectivity index (χ0n) is 30.2. The van der Waals surface area contributed by atoms with Crippen LogP contribution >= 0.6 is 0 Å². The SMILES string of the molecule is CC(C)C1NC(=O)[C@@H](NC(=O)OCc2ccccc2)Cc2ccc3c(c2)C24c5cccc(c5N[C@H]2O3)-c2ccc(O)c3[nH]cc(c23)-c2cnc(o2)-c2nc1oc24. The third kappa shape index (κ3) is 4.54. The van der Waals surface area contributed by atoms with E-state index in [1.165, 1.54) is 0 Å². The number of ether oxygens (including phenoxy) is 2. The largest absolute Gasteiger partial charge is 0.506 e. The second-order valence-corrected chi connectivity index (χ2v) is 15.0. The number of rotatable bonds is 4. The van der Waals surface area contributed by atoms with E-state index in [1.807, 2.05) is 80.6 Å². The Morgan fingerprint density at radius 3 is 2.73 bits per heavy atom. The lowest BCUT2D eigenvalue weighted by Gasteiger charge is -2.28. The summed E-state index contributed by atoms with van der Waals surface area (Å²) in [5, 5.41) is 21.4. The molecule has 0 fully saturated rings. The molecule has 0 aliphatic carbocycles. The topological polar surface area (TPSA) is 177 Å². The molecule has 56 heavy (non-hydrogen) atoms. The second kappa shape index (κ2) is 11.7. The van der Waals surface area contributed by atoms with Gasteiger partial charge in [0.05, 0.1) is 11.7 Å². The van der Waals surface area contributed by atoms with Gasteiger partial charge in [-0.1, -0.05) is 74.5 Å². The highest BCUT2D eigenvalue weighted by atomic mass is 16.5. The lowest BCUT2D eigenvalue weighted by atomic mass is 9.72. The first-order valence-corrected chi connectivity index (χ1v) is 18.6. The summed E-state index contributed by atoms with van der Waals surface area (Å²) >= 11 is 0. The summed E-state index contributed by atoms with van der Waals surface area (Å²) < 4.78 is 26.0. The van der Waals surface area contributed by atoms with E-state index in [0.717, 1.165) is 44.5 Å². The van der Waals surface area contributed by atoms with Crippen molar-refractivity contribution >= 4 is 28.6 Å². The third-order valence-electron chi connectivity index (χ3n) is 11.4. The van der Waals surface area contributed by atoms with Gasteiger partial charge in [-0.25, -0.2) is 14.8 Å². The van der Waals surface area contributed by atoms with Crippen molar-refractivity contribution < 1.29 is 33.0 Å². The van der Waals surface area contributed by atoms with Crippen molar-refractivity contribution in [1.29, 1.82) is 0 Å². The number of hydrogen-bond donors (Lipinski definition) is 5. The van der Waals surface area contributed by atoms with Crippen LogP contribution in [0.1, 0.15) is 53.8 Å². The minimum Gasteiger partial charge on any atom is -0.506 e. The number of benzene rings is 4. The van der Waals surface area contributed by atoms with Crippen LogP contribution in [0.15, 0.2) is 100 Å². The molecule has 0 saturated heterocycles. The molecule has 7 aromatic rings. The van der Waals surface area contributed by atoms with E-state index in [-0.39, 0.29) is 36.5 Å². The fraction of sp³-hybridized carbons (Fsp3) is 0.209. The van der Waals surface area contributed by atoms with E-state index >= 15 is 0 Å². The standard InChI is InChI=1S/C43H34N6O7/c1-20(2)33-40-48-36-37(56-40)43-26-10-6-9-24(23-12-13-29(50)35-32(23)25(17-44-35)31-18-45-39(36)54-31)34(26)49-41(43)55-30-14-11-22(15-27(30)43)16-28(38(51)47-33)46-42(52)53-19-21-7-4-3-5-8-21/h3-15,17-18,20,28,33,41,44,49-50H,16,19H2,1-2H3,(H,46,52)(H,47,51)/t28-,33?,41-,43?/m0/s1. The summed E-state index contributed by atoms with van der Waals surface area (Å²) in [6.07, 6.45) is 2.20. The fourth-order valence-corrected chi connectivity index (χ4v) is 8.81. The highest BCUT2D eigenvalue weighted by Gasteiger charge is 2.61. The van der Waals surface area contributed by atoms with Crippen LogP contribution in [0.5, 0.6) is 11.5 Å². The molecule has 4 aromatic carbocycles. The van der Waals surface area contributed by atoms with Crippen molar-refractivity contribution in [2.45, 2.75) is 50.6 Å². The van der Waals surface area contributed by atoms with Gasteiger partial charge in [0, 0.05) is 45.9 Å². The Bertz CT molecular complexity index is 2770. The van der Waals surface area contributed by atoms with E-state index in [2.05, 4.69) is 27.0 Å². The summed E-state index contributed by atoms with van der Waals surface area (Å²) in [6, 6.07) is 23.1. The molecule has 0 saturated carbocycles. The lowest BCUT2D eigenvalue weighted by molar-refractivity contribution is -0.124. The van der Waals surface area contributed by atoms with Crippen molar-refractivity contribution in [2.75, 3.05) is 5.32 Å². The average molecular weight is 747 g/mol. The molecule has 2 unspecified atom stereocenters. The number of oxazole rings is 2. The van der Waals surface area contributed by atoms with Gasteiger partial charge in [-0.2, -0.15) is 0 Å². The number of aromatic nitrogens is 3. The smallest absolute Gasteiger partial charge is 0.408 e. The van der Waals surface area contributed by atoms with E-state index in [4.69, 9.17) is 28.3 Å². The van der Waals surface area contributed by atoms with Crippen LogP contribution in [0, 0.1) is 5.92 Å². The van der Waals surface area contributed by atoms with Gasteiger partial charge in [0.2, 0.25) is 17.7 Å². The maximum absolute atomic E-state index is 14.3. The predicted molar refractivity (Wildman–Crippen MR) is 204 cm³/mol. The zero-order valence-corrected chi connectivity index (χ0v) is 30.2. The first-order chi connectivity index (χ1) is 27.3. The van der Waals surface area contributed by atoms with Crippen molar-refractivity contribution in [3.05, 3.63) is 125 Å². The number of fused-ring (bicyclic) bond motifs is 7. The minimum absolute atomic E-state index is 0.0509. The number of phenols is 1. The summed E-state index contributed by atoms with van der Waals surface area (Å²) in [5.41, 5.74) is 6.40. The van der Waals surface area contributed by atoms with Gasteiger partial charge in [0.1, 0.15) is 35.6 Å². The molecule has 13 nitrogen and oxygen atoms in total. The molecule has 10 bridgehead atoms. The number of carbonyl (C=O) groups is 2. The molecular weight excluding hydrogens is 713 g/mol. The Kier molecular flexibility index (Phi) is 6.79. The highest BCUT2D eigenvalue weighted by molar-refractivity contribution is 6.09. The highest BCUT2D eigenvalue weighted by Crippen LogP contribution is 2.61. The summed E-state index contributed by atoms with van der Waals surface area (Å²) in [4.78, 5) is 40.6. The maximum Gasteiger partial charge on any atom is 0.408 e. The molecule has 11 rings (SSSR count). The van der Waals surface area contributed by atoms with Crippen LogP contribution in [-0.4, -0.2) is 44.3 Å². The molecule has 278 valence electrons. The van der Waals surface area contributed by atoms with Gasteiger partial charge in [-0.15, -0.1) is 0 Å². The molecule has 13 heteroatoms. The van der Waals surface area contributed by atoms with Gasteiger partial charge >= 0.3 is 6.09 Å². The number of H-pyrrole nitrogens is 1. The van der Waals surface area contributed by atoms with Crippen LogP contribution in [0.4, 0.5) is 10.5 Å². The van der Waals surface area contributed by atoms with E-state index in [1.54, 1.807) is 18.5 Å². The minimum atomic E-state index is -1.11.